The topological polar surface area (TPSA) is 75.7 Å². The molecule has 1 amide bonds. The Morgan fingerprint density at radius 3 is 2.19 bits per heavy atom. The lowest BCUT2D eigenvalue weighted by molar-refractivity contribution is 0.0947. The highest BCUT2D eigenvalue weighted by Gasteiger charge is 2.18. The van der Waals surface area contributed by atoms with Crippen molar-refractivity contribution in [2.45, 2.75) is 19.9 Å². The van der Waals surface area contributed by atoms with Gasteiger partial charge in [-0.25, -0.2) is 8.42 Å². The van der Waals surface area contributed by atoms with Crippen molar-refractivity contribution >= 4 is 32.4 Å². The summed E-state index contributed by atoms with van der Waals surface area (Å²) in [4.78, 5) is 12.5. The molecule has 7 heteroatoms. The number of fused-ring (bicyclic) bond motifs is 1. The van der Waals surface area contributed by atoms with Gasteiger partial charge in [-0.1, -0.05) is 61.5 Å². The third kappa shape index (κ3) is 6.43. The van der Waals surface area contributed by atoms with Crippen LogP contribution in [0.5, 0.6) is 5.75 Å². The van der Waals surface area contributed by atoms with Crippen molar-refractivity contribution in [1.82, 2.24) is 5.32 Å². The Balaban J connectivity index is 1.36. The third-order valence-electron chi connectivity index (χ3n) is 5.95. The first-order valence-electron chi connectivity index (χ1n) is 11.9. The van der Waals surface area contributed by atoms with Crippen molar-refractivity contribution in [1.29, 1.82) is 0 Å². The van der Waals surface area contributed by atoms with E-state index in [4.69, 9.17) is 4.74 Å². The minimum absolute atomic E-state index is 0.170. The van der Waals surface area contributed by atoms with Crippen LogP contribution in [0, 0.1) is 0 Å². The van der Waals surface area contributed by atoms with E-state index in [9.17, 15) is 13.2 Å². The number of rotatable bonds is 10. The molecule has 1 N–H and O–H groups in total. The van der Waals surface area contributed by atoms with E-state index >= 15 is 0 Å². The molecule has 0 unspecified atom stereocenters. The predicted molar refractivity (Wildman–Crippen MR) is 145 cm³/mol. The number of hydrogen-bond acceptors (Lipinski definition) is 4. The van der Waals surface area contributed by atoms with E-state index in [2.05, 4.69) is 12.2 Å². The molecule has 0 aromatic heterocycles. The number of anilines is 1. The zero-order chi connectivity index (χ0) is 25.5. The fraction of sp³-hybridized carbons (Fsp3) is 0.207. The van der Waals surface area contributed by atoms with Gasteiger partial charge in [0.15, 0.2) is 0 Å². The fourth-order valence-corrected chi connectivity index (χ4v) is 4.80. The first-order chi connectivity index (χ1) is 17.3. The summed E-state index contributed by atoms with van der Waals surface area (Å²) in [5.74, 6) is 0.564. The second kappa shape index (κ2) is 11.3. The van der Waals surface area contributed by atoms with Crippen LogP contribution >= 0.6 is 0 Å². The van der Waals surface area contributed by atoms with Crippen molar-refractivity contribution in [3.63, 3.8) is 0 Å². The number of carbonyl (C=O) groups excluding carboxylic acids is 1. The molecule has 4 aromatic carbocycles. The lowest BCUT2D eigenvalue weighted by Gasteiger charge is -2.23. The van der Waals surface area contributed by atoms with Gasteiger partial charge in [-0.15, -0.1) is 0 Å². The maximum atomic E-state index is 12.6. The molecule has 0 bridgehead atoms. The summed E-state index contributed by atoms with van der Waals surface area (Å²) in [7, 11) is -3.51. The van der Waals surface area contributed by atoms with Gasteiger partial charge >= 0.3 is 0 Å². The Morgan fingerprint density at radius 1 is 0.861 bits per heavy atom. The molecule has 36 heavy (non-hydrogen) atoms. The molecule has 0 heterocycles. The predicted octanol–water partition coefficient (Wildman–Crippen LogP) is 5.18. The minimum atomic E-state index is -3.51. The molecule has 4 aromatic rings. The average Bonchev–Trinajstić information content (AvgIpc) is 2.89. The van der Waals surface area contributed by atoms with Crippen LogP contribution in [-0.4, -0.2) is 33.7 Å². The van der Waals surface area contributed by atoms with E-state index in [1.54, 1.807) is 24.3 Å². The van der Waals surface area contributed by atoms with Crippen LogP contribution in [0.3, 0.4) is 0 Å². The molecule has 0 atom stereocenters. The molecule has 0 aliphatic rings. The molecule has 186 valence electrons. The van der Waals surface area contributed by atoms with Crippen molar-refractivity contribution in [2.24, 2.45) is 0 Å². The first kappa shape index (κ1) is 25.3. The maximum Gasteiger partial charge on any atom is 0.251 e. The Morgan fingerprint density at radius 2 is 1.53 bits per heavy atom. The second-order valence-electron chi connectivity index (χ2n) is 8.60. The van der Waals surface area contributed by atoms with E-state index in [-0.39, 0.29) is 12.5 Å². The van der Waals surface area contributed by atoms with Crippen LogP contribution in [-0.2, 0) is 23.0 Å². The third-order valence-corrected chi connectivity index (χ3v) is 7.09. The van der Waals surface area contributed by atoms with Crippen molar-refractivity contribution in [2.75, 3.05) is 23.7 Å². The normalized spacial score (nSPS) is 11.3. The number of aryl methyl sites for hydroxylation is 1. The highest BCUT2D eigenvalue weighted by Crippen LogP contribution is 2.25. The largest absolute Gasteiger partial charge is 0.492 e. The smallest absolute Gasteiger partial charge is 0.251 e. The van der Waals surface area contributed by atoms with Crippen LogP contribution in [0.2, 0.25) is 0 Å². The number of amides is 1. The zero-order valence-corrected chi connectivity index (χ0v) is 21.3. The lowest BCUT2D eigenvalue weighted by atomic mass is 10.1. The Bertz CT molecular complexity index is 1430. The number of sulfonamides is 1. The summed E-state index contributed by atoms with van der Waals surface area (Å²) in [6, 6.07) is 28.3. The lowest BCUT2D eigenvalue weighted by Crippen LogP contribution is -2.29. The molecule has 0 fully saturated rings. The van der Waals surface area contributed by atoms with Gasteiger partial charge in [0.25, 0.3) is 5.91 Å². The van der Waals surface area contributed by atoms with Gasteiger partial charge < -0.3 is 10.1 Å². The Kier molecular flexibility index (Phi) is 7.90. The Labute approximate surface area is 212 Å². The summed E-state index contributed by atoms with van der Waals surface area (Å²) in [5, 5.41) is 4.87. The van der Waals surface area contributed by atoms with Gasteiger partial charge in [-0.3, -0.25) is 9.10 Å². The van der Waals surface area contributed by atoms with E-state index in [1.807, 2.05) is 66.7 Å². The van der Waals surface area contributed by atoms with Gasteiger partial charge in [0.2, 0.25) is 10.0 Å². The van der Waals surface area contributed by atoms with E-state index < -0.39 is 10.0 Å². The fourth-order valence-electron chi connectivity index (χ4n) is 3.92. The quantitative estimate of drug-likeness (QED) is 0.303. The number of benzene rings is 4. The molecular formula is C29H30N2O4S. The summed E-state index contributed by atoms with van der Waals surface area (Å²) < 4.78 is 32.2. The molecule has 0 saturated carbocycles. The summed E-state index contributed by atoms with van der Waals surface area (Å²) in [5.41, 5.74) is 3.13. The van der Waals surface area contributed by atoms with Crippen LogP contribution in [0.25, 0.3) is 10.8 Å². The maximum absolute atomic E-state index is 12.6. The molecular weight excluding hydrogens is 472 g/mol. The highest BCUT2D eigenvalue weighted by atomic mass is 32.2. The van der Waals surface area contributed by atoms with Crippen LogP contribution < -0.4 is 14.4 Å². The number of ether oxygens (including phenoxy) is 1. The first-order valence-corrected chi connectivity index (χ1v) is 13.7. The molecule has 0 aliphatic heterocycles. The standard InChI is InChI=1S/C29H30N2O4S/c1-3-22-10-16-28(17-11-22)35-19-18-30-29(32)25-12-8-23(9-13-25)21-31(36(2,33)34)27-15-14-24-6-4-5-7-26(24)20-27/h4-17,20H,3,18-19,21H2,1-2H3,(H,30,32). The summed E-state index contributed by atoms with van der Waals surface area (Å²) in [6.45, 7) is 3.01. The SMILES string of the molecule is CCc1ccc(OCCNC(=O)c2ccc(CN(c3ccc4ccccc4c3)S(C)(=O)=O)cc2)cc1. The van der Waals surface area contributed by atoms with Gasteiger partial charge in [-0.2, -0.15) is 0 Å². The minimum Gasteiger partial charge on any atom is -0.492 e. The highest BCUT2D eigenvalue weighted by molar-refractivity contribution is 7.92. The molecule has 0 saturated heterocycles. The monoisotopic (exact) mass is 502 g/mol. The van der Waals surface area contributed by atoms with E-state index in [0.717, 1.165) is 28.5 Å². The van der Waals surface area contributed by atoms with Gasteiger partial charge in [0.1, 0.15) is 12.4 Å². The molecule has 4 rings (SSSR count). The number of carbonyl (C=O) groups is 1. The number of nitrogens with zero attached hydrogens (tertiary/aromatic N) is 1. The van der Waals surface area contributed by atoms with Crippen molar-refractivity contribution in [3.05, 3.63) is 108 Å². The van der Waals surface area contributed by atoms with Crippen LogP contribution in [0.1, 0.15) is 28.4 Å². The Hall–Kier alpha value is -3.84. The molecule has 0 aliphatic carbocycles. The summed E-state index contributed by atoms with van der Waals surface area (Å²) >= 11 is 0. The average molecular weight is 503 g/mol. The molecule has 0 spiro atoms. The van der Waals surface area contributed by atoms with E-state index in [0.29, 0.717) is 24.4 Å². The zero-order valence-electron chi connectivity index (χ0n) is 20.5. The van der Waals surface area contributed by atoms with E-state index in [1.165, 1.54) is 16.1 Å². The van der Waals surface area contributed by atoms with Gasteiger partial charge in [0.05, 0.1) is 25.0 Å². The van der Waals surface area contributed by atoms with Crippen molar-refractivity contribution in [3.8, 4) is 5.75 Å². The molecule has 6 nitrogen and oxygen atoms in total. The number of hydrogen-bond donors (Lipinski definition) is 1. The summed E-state index contributed by atoms with van der Waals surface area (Å²) in [6.07, 6.45) is 2.18. The van der Waals surface area contributed by atoms with Gasteiger partial charge in [0, 0.05) is 5.56 Å². The van der Waals surface area contributed by atoms with Crippen LogP contribution in [0.4, 0.5) is 5.69 Å². The van der Waals surface area contributed by atoms with Gasteiger partial charge in [-0.05, 0) is 64.7 Å². The van der Waals surface area contributed by atoms with Crippen LogP contribution in [0.15, 0.2) is 91.0 Å². The van der Waals surface area contributed by atoms with Crippen molar-refractivity contribution < 1.29 is 17.9 Å². The second-order valence-corrected chi connectivity index (χ2v) is 10.5. The molecule has 0 radical (unpaired) electrons. The number of nitrogens with one attached hydrogen (secondary N) is 1.